The van der Waals surface area contributed by atoms with Gasteiger partial charge in [-0.15, -0.1) is 6.58 Å². The number of halogens is 3. The number of hydrogen-bond donors (Lipinski definition) is 1. The Hall–Kier alpha value is -0.570. The summed E-state index contributed by atoms with van der Waals surface area (Å²) in [5.74, 6) is -0.568. The average Bonchev–Trinajstić information content (AvgIpc) is 2.12. The van der Waals surface area contributed by atoms with Gasteiger partial charge in [-0.1, -0.05) is 29.3 Å². The van der Waals surface area contributed by atoms with E-state index >= 15 is 0 Å². The van der Waals surface area contributed by atoms with E-state index in [1.165, 1.54) is 18.2 Å². The first kappa shape index (κ1) is 10.5. The van der Waals surface area contributed by atoms with Gasteiger partial charge >= 0.3 is 0 Å². The minimum atomic E-state index is -0.568. The second-order valence-electron chi connectivity index (χ2n) is 2.56. The molecule has 13 heavy (non-hydrogen) atoms. The van der Waals surface area contributed by atoms with Crippen molar-refractivity contribution in [3.8, 4) is 0 Å². The van der Waals surface area contributed by atoms with Crippen molar-refractivity contribution in [1.29, 1.82) is 0 Å². The maximum absolute atomic E-state index is 13.0. The topological polar surface area (TPSA) is 26.0 Å². The van der Waals surface area contributed by atoms with E-state index in [0.717, 1.165) is 0 Å². The van der Waals surface area contributed by atoms with Gasteiger partial charge in [0.25, 0.3) is 0 Å². The zero-order valence-corrected chi connectivity index (χ0v) is 8.24. The van der Waals surface area contributed by atoms with E-state index in [1.807, 2.05) is 0 Å². The summed E-state index contributed by atoms with van der Waals surface area (Å²) in [5.41, 5.74) is 6.15. The fourth-order valence-corrected chi connectivity index (χ4v) is 1.23. The Kier molecular flexibility index (Phi) is 3.31. The van der Waals surface area contributed by atoms with Gasteiger partial charge in [0.1, 0.15) is 5.82 Å². The Morgan fingerprint density at radius 2 is 2.08 bits per heavy atom. The Labute approximate surface area is 85.9 Å². The first-order chi connectivity index (χ1) is 6.06. The summed E-state index contributed by atoms with van der Waals surface area (Å²) in [6.45, 7) is 3.50. The van der Waals surface area contributed by atoms with Crippen molar-refractivity contribution >= 4 is 23.2 Å². The molecule has 0 bridgehead atoms. The highest BCUT2D eigenvalue weighted by molar-refractivity contribution is 6.42. The lowest BCUT2D eigenvalue weighted by atomic mass is 10.1. The van der Waals surface area contributed by atoms with Crippen LogP contribution in [0.1, 0.15) is 11.6 Å². The Bertz CT molecular complexity index is 315. The third-order valence-electron chi connectivity index (χ3n) is 1.64. The van der Waals surface area contributed by atoms with Gasteiger partial charge in [-0.05, 0) is 17.7 Å². The van der Waals surface area contributed by atoms with Gasteiger partial charge in [0.15, 0.2) is 0 Å². The minimum absolute atomic E-state index is 0.0818. The molecule has 0 radical (unpaired) electrons. The van der Waals surface area contributed by atoms with Crippen LogP contribution < -0.4 is 5.73 Å². The van der Waals surface area contributed by atoms with Gasteiger partial charge in [0, 0.05) is 6.04 Å². The summed E-state index contributed by atoms with van der Waals surface area (Å²) >= 11 is 11.2. The van der Waals surface area contributed by atoms with Crippen LogP contribution >= 0.6 is 23.2 Å². The molecule has 0 saturated heterocycles. The van der Waals surface area contributed by atoms with Crippen LogP contribution in [-0.2, 0) is 0 Å². The van der Waals surface area contributed by atoms with Gasteiger partial charge in [0.2, 0.25) is 0 Å². The van der Waals surface area contributed by atoms with Crippen molar-refractivity contribution in [1.82, 2.24) is 0 Å². The van der Waals surface area contributed by atoms with Crippen molar-refractivity contribution in [3.05, 3.63) is 46.2 Å². The molecule has 0 amide bonds. The molecule has 0 aliphatic heterocycles. The van der Waals surface area contributed by atoms with Crippen LogP contribution in [0.3, 0.4) is 0 Å². The molecule has 1 rings (SSSR count). The highest BCUT2D eigenvalue weighted by Gasteiger charge is 2.09. The lowest BCUT2D eigenvalue weighted by Crippen LogP contribution is -2.06. The van der Waals surface area contributed by atoms with E-state index in [4.69, 9.17) is 28.9 Å². The fraction of sp³-hybridized carbons (Fsp3) is 0.111. The van der Waals surface area contributed by atoms with Gasteiger partial charge in [-0.2, -0.15) is 0 Å². The molecule has 4 heteroatoms. The van der Waals surface area contributed by atoms with Crippen molar-refractivity contribution in [2.75, 3.05) is 0 Å². The molecule has 1 atom stereocenters. The zero-order chi connectivity index (χ0) is 10.0. The smallest absolute Gasteiger partial charge is 0.143 e. The zero-order valence-electron chi connectivity index (χ0n) is 6.73. The van der Waals surface area contributed by atoms with Gasteiger partial charge in [-0.3, -0.25) is 0 Å². The molecule has 0 fully saturated rings. The standard InChI is InChI=1S/C9H8Cl2FN/c1-2-8(13)5-3-6(10)9(11)7(12)4-5/h2-4,8H,1,13H2/t8-/m1/s1. The van der Waals surface area contributed by atoms with Crippen molar-refractivity contribution in [3.63, 3.8) is 0 Å². The number of rotatable bonds is 2. The largest absolute Gasteiger partial charge is 0.321 e. The van der Waals surface area contributed by atoms with Gasteiger partial charge in [0.05, 0.1) is 10.0 Å². The Balaban J connectivity index is 3.20. The van der Waals surface area contributed by atoms with Crippen LogP contribution in [-0.4, -0.2) is 0 Å². The lowest BCUT2D eigenvalue weighted by Gasteiger charge is -2.08. The van der Waals surface area contributed by atoms with E-state index in [-0.39, 0.29) is 10.0 Å². The first-order valence-corrected chi connectivity index (χ1v) is 4.34. The fourth-order valence-electron chi connectivity index (χ4n) is 0.904. The molecule has 1 aromatic carbocycles. The van der Waals surface area contributed by atoms with Crippen molar-refractivity contribution < 1.29 is 4.39 Å². The summed E-state index contributed by atoms with van der Waals surface area (Å²) in [5, 5.41) is 0.0793. The molecule has 0 unspecified atom stereocenters. The maximum Gasteiger partial charge on any atom is 0.143 e. The lowest BCUT2D eigenvalue weighted by molar-refractivity contribution is 0.624. The third-order valence-corrected chi connectivity index (χ3v) is 2.42. The van der Waals surface area contributed by atoms with E-state index in [9.17, 15) is 4.39 Å². The quantitative estimate of drug-likeness (QED) is 0.600. The van der Waals surface area contributed by atoms with Crippen LogP contribution in [0.5, 0.6) is 0 Å². The summed E-state index contributed by atoms with van der Waals surface area (Å²) < 4.78 is 13.0. The molecule has 0 aliphatic rings. The van der Waals surface area contributed by atoms with Crippen molar-refractivity contribution in [2.45, 2.75) is 6.04 Å². The van der Waals surface area contributed by atoms with E-state index in [2.05, 4.69) is 6.58 Å². The van der Waals surface area contributed by atoms with E-state index < -0.39 is 11.9 Å². The summed E-state index contributed by atoms with van der Waals surface area (Å²) in [4.78, 5) is 0. The molecule has 0 saturated carbocycles. The second kappa shape index (κ2) is 4.09. The Morgan fingerprint density at radius 3 is 2.54 bits per heavy atom. The average molecular weight is 220 g/mol. The number of hydrogen-bond acceptors (Lipinski definition) is 1. The van der Waals surface area contributed by atoms with Crippen LogP contribution in [0.4, 0.5) is 4.39 Å². The van der Waals surface area contributed by atoms with Crippen molar-refractivity contribution in [2.24, 2.45) is 5.73 Å². The molecule has 70 valence electrons. The van der Waals surface area contributed by atoms with Crippen LogP contribution in [0.2, 0.25) is 10.0 Å². The van der Waals surface area contributed by atoms with E-state index in [0.29, 0.717) is 5.56 Å². The molecular formula is C9H8Cl2FN. The normalized spacial score (nSPS) is 12.6. The third kappa shape index (κ3) is 2.21. The number of nitrogens with two attached hydrogens (primary N) is 1. The highest BCUT2D eigenvalue weighted by Crippen LogP contribution is 2.28. The highest BCUT2D eigenvalue weighted by atomic mass is 35.5. The summed E-state index contributed by atoms with van der Waals surface area (Å²) in [7, 11) is 0. The second-order valence-corrected chi connectivity index (χ2v) is 3.35. The van der Waals surface area contributed by atoms with Crippen LogP contribution in [0, 0.1) is 5.82 Å². The molecule has 0 aliphatic carbocycles. The van der Waals surface area contributed by atoms with Gasteiger partial charge in [-0.25, -0.2) is 4.39 Å². The van der Waals surface area contributed by atoms with Gasteiger partial charge < -0.3 is 5.73 Å². The molecule has 1 aromatic rings. The SMILES string of the molecule is C=C[C@@H](N)c1cc(F)c(Cl)c(Cl)c1. The number of benzene rings is 1. The minimum Gasteiger partial charge on any atom is -0.321 e. The molecule has 0 heterocycles. The maximum atomic E-state index is 13.0. The van der Waals surface area contributed by atoms with Crippen LogP contribution in [0.25, 0.3) is 0 Å². The summed E-state index contributed by atoms with van der Waals surface area (Å²) in [6.07, 6.45) is 1.50. The molecule has 0 aromatic heterocycles. The predicted octanol–water partition coefficient (Wildman–Crippen LogP) is 3.32. The Morgan fingerprint density at radius 1 is 1.46 bits per heavy atom. The monoisotopic (exact) mass is 219 g/mol. The molecule has 2 N–H and O–H groups in total. The first-order valence-electron chi connectivity index (χ1n) is 3.59. The summed E-state index contributed by atoms with van der Waals surface area (Å²) in [6, 6.07) is 2.35. The molecular weight excluding hydrogens is 212 g/mol. The van der Waals surface area contributed by atoms with Crippen LogP contribution in [0.15, 0.2) is 24.8 Å². The predicted molar refractivity (Wildman–Crippen MR) is 53.5 cm³/mol. The molecule has 1 nitrogen and oxygen atoms in total. The van der Waals surface area contributed by atoms with E-state index in [1.54, 1.807) is 0 Å². The molecule has 0 spiro atoms.